The van der Waals surface area contributed by atoms with Crippen molar-refractivity contribution in [3.63, 3.8) is 0 Å². The number of halogens is 1. The zero-order valence-electron chi connectivity index (χ0n) is 19.1. The number of imide groups is 1. The number of fused-ring (bicyclic) bond motifs is 5. The number of likely N-dealkylation sites (tertiary alicyclic amines) is 2. The lowest BCUT2D eigenvalue weighted by Gasteiger charge is -2.49. The Labute approximate surface area is 197 Å². The highest BCUT2D eigenvalue weighted by molar-refractivity contribution is 6.13. The van der Waals surface area contributed by atoms with Crippen molar-refractivity contribution in [3.05, 3.63) is 71.5 Å². The maximum absolute atomic E-state index is 13.8. The first-order chi connectivity index (χ1) is 16.3. The molecule has 4 atom stereocenters. The van der Waals surface area contributed by atoms with Crippen molar-refractivity contribution in [2.24, 2.45) is 11.8 Å². The quantitative estimate of drug-likeness (QED) is 0.639. The van der Waals surface area contributed by atoms with Gasteiger partial charge in [0.05, 0.1) is 24.4 Å². The molecule has 0 aromatic heterocycles. The van der Waals surface area contributed by atoms with Crippen molar-refractivity contribution < 1.29 is 23.6 Å². The monoisotopic (exact) mass is 463 g/mol. The Morgan fingerprint density at radius 1 is 1.00 bits per heavy atom. The van der Waals surface area contributed by atoms with Crippen LogP contribution in [0.2, 0.25) is 0 Å². The molecule has 176 valence electrons. The van der Waals surface area contributed by atoms with Crippen molar-refractivity contribution in [1.29, 1.82) is 0 Å². The minimum Gasteiger partial charge on any atom is -0.339 e. The van der Waals surface area contributed by atoms with E-state index in [9.17, 15) is 23.6 Å². The Balaban J connectivity index is 1.59. The second-order valence-electron chi connectivity index (χ2n) is 9.12. The second-order valence-corrected chi connectivity index (χ2v) is 9.12. The second kappa shape index (κ2) is 8.04. The first-order valence-corrected chi connectivity index (χ1v) is 11.6. The summed E-state index contributed by atoms with van der Waals surface area (Å²) in [6, 6.07) is 13.7. The van der Waals surface area contributed by atoms with Gasteiger partial charge in [0.25, 0.3) is 5.91 Å². The molecule has 0 aliphatic carbocycles. The van der Waals surface area contributed by atoms with Gasteiger partial charge in [-0.25, -0.2) is 4.39 Å². The largest absolute Gasteiger partial charge is 0.339 e. The lowest BCUT2D eigenvalue weighted by Crippen LogP contribution is -2.69. The predicted octanol–water partition coefficient (Wildman–Crippen LogP) is 2.46. The van der Waals surface area contributed by atoms with Gasteiger partial charge in [-0.3, -0.25) is 24.1 Å². The molecule has 0 spiro atoms. The Bertz CT molecular complexity index is 1170. The molecular weight excluding hydrogens is 437 g/mol. The van der Waals surface area contributed by atoms with Crippen LogP contribution in [0, 0.1) is 17.7 Å². The number of likely N-dealkylation sites (N-methyl/N-ethyl adjacent to an activating group) is 1. The highest BCUT2D eigenvalue weighted by Crippen LogP contribution is 2.54. The van der Waals surface area contributed by atoms with Gasteiger partial charge < -0.3 is 9.80 Å². The molecule has 0 radical (unpaired) electrons. The molecule has 3 heterocycles. The molecule has 34 heavy (non-hydrogen) atoms. The first kappa shape index (κ1) is 22.3. The number of carbonyl (C=O) groups excluding carboxylic acids is 4. The van der Waals surface area contributed by atoms with E-state index < -0.39 is 41.0 Å². The third kappa shape index (κ3) is 2.94. The summed E-state index contributed by atoms with van der Waals surface area (Å²) in [5.41, 5.74) is -0.406. The number of piperazine rings is 1. The fourth-order valence-electron chi connectivity index (χ4n) is 6.06. The Hall–Kier alpha value is -3.55. The van der Waals surface area contributed by atoms with Gasteiger partial charge in [0.15, 0.2) is 0 Å². The number of amides is 4. The maximum atomic E-state index is 13.8. The highest BCUT2D eigenvalue weighted by atomic mass is 19.1. The zero-order valence-corrected chi connectivity index (χ0v) is 19.1. The summed E-state index contributed by atoms with van der Waals surface area (Å²) in [5.74, 6) is -3.73. The minimum atomic E-state index is -1.45. The minimum absolute atomic E-state index is 0.135. The van der Waals surface area contributed by atoms with E-state index in [4.69, 9.17) is 0 Å². The molecule has 0 unspecified atom stereocenters. The molecule has 4 amide bonds. The van der Waals surface area contributed by atoms with E-state index in [1.807, 2.05) is 37.3 Å². The SMILES string of the molecule is CCN1C[C@@H]2[C@@H]3C(=O)N(Cc4ccccc4)C(=O)[C@@H]3[C@](CC)(C1=O)N2C(=O)c1ccc(F)cc1. The summed E-state index contributed by atoms with van der Waals surface area (Å²) >= 11 is 0. The van der Waals surface area contributed by atoms with Gasteiger partial charge >= 0.3 is 0 Å². The van der Waals surface area contributed by atoms with Crippen molar-refractivity contribution in [1.82, 2.24) is 14.7 Å². The summed E-state index contributed by atoms with van der Waals surface area (Å²) < 4.78 is 13.5. The number of hydrogen-bond acceptors (Lipinski definition) is 4. The molecular formula is C26H26FN3O4. The number of nitrogens with zero attached hydrogens (tertiary/aromatic N) is 3. The molecule has 2 aromatic rings. The Morgan fingerprint density at radius 2 is 1.68 bits per heavy atom. The van der Waals surface area contributed by atoms with Crippen molar-refractivity contribution >= 4 is 23.6 Å². The predicted molar refractivity (Wildman–Crippen MR) is 121 cm³/mol. The van der Waals surface area contributed by atoms with Gasteiger partial charge in [-0.2, -0.15) is 0 Å². The van der Waals surface area contributed by atoms with Gasteiger partial charge in [-0.1, -0.05) is 37.3 Å². The van der Waals surface area contributed by atoms with E-state index in [0.29, 0.717) is 6.54 Å². The van der Waals surface area contributed by atoms with Crippen LogP contribution in [0.3, 0.4) is 0 Å². The molecule has 0 N–H and O–H groups in total. The average Bonchev–Trinajstić information content (AvgIpc) is 3.24. The van der Waals surface area contributed by atoms with Crippen LogP contribution in [-0.4, -0.2) is 63.0 Å². The third-order valence-corrected chi connectivity index (χ3v) is 7.61. The van der Waals surface area contributed by atoms with Gasteiger partial charge in [-0.05, 0) is 43.2 Å². The van der Waals surface area contributed by atoms with E-state index >= 15 is 0 Å². The van der Waals surface area contributed by atoms with E-state index in [1.54, 1.807) is 11.8 Å². The third-order valence-electron chi connectivity index (χ3n) is 7.61. The molecule has 0 saturated carbocycles. The summed E-state index contributed by atoms with van der Waals surface area (Å²) in [7, 11) is 0. The van der Waals surface area contributed by atoms with Crippen LogP contribution >= 0.6 is 0 Å². The van der Waals surface area contributed by atoms with Gasteiger partial charge in [0.2, 0.25) is 17.7 Å². The van der Waals surface area contributed by atoms with Crippen LogP contribution in [0.1, 0.15) is 36.2 Å². The number of benzene rings is 2. The normalized spacial score (nSPS) is 28.0. The molecule has 7 nitrogen and oxygen atoms in total. The summed E-state index contributed by atoms with van der Waals surface area (Å²) in [6.07, 6.45) is 0.200. The van der Waals surface area contributed by atoms with Crippen LogP contribution in [0.25, 0.3) is 0 Å². The molecule has 2 bridgehead atoms. The fourth-order valence-corrected chi connectivity index (χ4v) is 6.06. The van der Waals surface area contributed by atoms with Crippen LogP contribution in [-0.2, 0) is 20.9 Å². The summed E-state index contributed by atoms with van der Waals surface area (Å²) in [5, 5.41) is 0. The molecule has 3 fully saturated rings. The first-order valence-electron chi connectivity index (χ1n) is 11.6. The maximum Gasteiger partial charge on any atom is 0.255 e. The molecule has 3 aliphatic heterocycles. The molecule has 3 saturated heterocycles. The van der Waals surface area contributed by atoms with Crippen LogP contribution < -0.4 is 0 Å². The Morgan fingerprint density at radius 3 is 2.29 bits per heavy atom. The van der Waals surface area contributed by atoms with Crippen LogP contribution in [0.5, 0.6) is 0 Å². The lowest BCUT2D eigenvalue weighted by atomic mass is 9.78. The van der Waals surface area contributed by atoms with Gasteiger partial charge in [0, 0.05) is 18.7 Å². The van der Waals surface area contributed by atoms with Crippen molar-refractivity contribution in [2.75, 3.05) is 13.1 Å². The van der Waals surface area contributed by atoms with Gasteiger partial charge in [0.1, 0.15) is 11.4 Å². The fraction of sp³-hybridized carbons (Fsp3) is 0.385. The molecule has 8 heteroatoms. The topological polar surface area (TPSA) is 78.0 Å². The van der Waals surface area contributed by atoms with Crippen LogP contribution in [0.15, 0.2) is 54.6 Å². The zero-order chi connectivity index (χ0) is 24.2. The van der Waals surface area contributed by atoms with Crippen LogP contribution in [0.4, 0.5) is 4.39 Å². The number of carbonyl (C=O) groups is 4. The van der Waals surface area contributed by atoms with Crippen molar-refractivity contribution in [2.45, 2.75) is 38.4 Å². The van der Waals surface area contributed by atoms with E-state index in [0.717, 1.165) is 5.56 Å². The average molecular weight is 464 g/mol. The summed E-state index contributed by atoms with van der Waals surface area (Å²) in [4.78, 5) is 59.3. The smallest absolute Gasteiger partial charge is 0.255 e. The molecule has 3 aliphatic rings. The Kier molecular flexibility index (Phi) is 5.26. The lowest BCUT2D eigenvalue weighted by molar-refractivity contribution is -0.157. The van der Waals surface area contributed by atoms with Gasteiger partial charge in [-0.15, -0.1) is 0 Å². The molecule has 2 aromatic carbocycles. The van der Waals surface area contributed by atoms with E-state index in [1.165, 1.54) is 34.1 Å². The van der Waals surface area contributed by atoms with E-state index in [-0.39, 0.29) is 36.9 Å². The highest BCUT2D eigenvalue weighted by Gasteiger charge is 2.74. The standard InChI is InChI=1S/C26H26FN3O4/c1-3-26-21-20(23(32)29(24(21)33)14-16-8-6-5-7-9-16)19(15-28(4-2)25(26)34)30(26)22(31)17-10-12-18(27)13-11-17/h5-13,19-21H,3-4,14-15H2,1-2H3/t19-,20+,21-,26-/m1/s1. The molecule has 5 rings (SSSR count). The van der Waals surface area contributed by atoms with E-state index in [2.05, 4.69) is 0 Å². The number of rotatable bonds is 5. The summed E-state index contributed by atoms with van der Waals surface area (Å²) in [6.45, 7) is 4.36. The van der Waals surface area contributed by atoms with Crippen molar-refractivity contribution in [3.8, 4) is 0 Å². The number of hydrogen-bond donors (Lipinski definition) is 0.